The number of nitrogens with one attached hydrogen (secondary N) is 1. The third-order valence-electron chi connectivity index (χ3n) is 3.67. The van der Waals surface area contributed by atoms with E-state index in [1.807, 2.05) is 7.05 Å². The molecule has 0 amide bonds. The smallest absolute Gasteiger partial charge is 0.323 e. The van der Waals surface area contributed by atoms with Crippen molar-refractivity contribution in [1.82, 2.24) is 19.9 Å². The number of piperidine rings is 1. The predicted octanol–water partition coefficient (Wildman–Crippen LogP) is 1.23. The summed E-state index contributed by atoms with van der Waals surface area (Å²) in [5, 5.41) is 2.98. The molecule has 2 rings (SSSR count). The van der Waals surface area contributed by atoms with Crippen molar-refractivity contribution < 1.29 is 4.74 Å². The molecule has 1 saturated heterocycles. The minimum Gasteiger partial charge on any atom is -0.463 e. The SMILES string of the molecule is CCCOc1nc(NC)nc(N2CCCC(N(C)C)C2)n1. The molecule has 1 unspecified atom stereocenters. The van der Waals surface area contributed by atoms with E-state index in [0.29, 0.717) is 30.6 Å². The van der Waals surface area contributed by atoms with Gasteiger partial charge in [-0.3, -0.25) is 0 Å². The summed E-state index contributed by atoms with van der Waals surface area (Å²) in [6.45, 7) is 4.60. The maximum Gasteiger partial charge on any atom is 0.323 e. The first-order valence-electron chi connectivity index (χ1n) is 7.62. The fourth-order valence-electron chi connectivity index (χ4n) is 2.41. The Labute approximate surface area is 126 Å². The molecule has 1 atom stereocenters. The van der Waals surface area contributed by atoms with Crippen LogP contribution in [0.3, 0.4) is 0 Å². The maximum absolute atomic E-state index is 5.56. The average molecular weight is 294 g/mol. The van der Waals surface area contributed by atoms with Gasteiger partial charge in [-0.25, -0.2) is 0 Å². The molecule has 0 bridgehead atoms. The fraction of sp³-hybridized carbons (Fsp3) is 0.786. The van der Waals surface area contributed by atoms with E-state index in [-0.39, 0.29) is 0 Å². The summed E-state index contributed by atoms with van der Waals surface area (Å²) in [6.07, 6.45) is 3.30. The average Bonchev–Trinajstić information content (AvgIpc) is 2.52. The van der Waals surface area contributed by atoms with E-state index < -0.39 is 0 Å². The molecule has 1 aliphatic rings. The molecule has 1 aromatic rings. The zero-order valence-electron chi connectivity index (χ0n) is 13.5. The molecule has 1 aromatic heterocycles. The van der Waals surface area contributed by atoms with Gasteiger partial charge in [-0.2, -0.15) is 15.0 Å². The zero-order chi connectivity index (χ0) is 15.2. The zero-order valence-corrected chi connectivity index (χ0v) is 13.5. The number of aromatic nitrogens is 3. The lowest BCUT2D eigenvalue weighted by Gasteiger charge is -2.36. The van der Waals surface area contributed by atoms with Crippen molar-refractivity contribution in [1.29, 1.82) is 0 Å². The lowest BCUT2D eigenvalue weighted by molar-refractivity contribution is 0.255. The number of likely N-dealkylation sites (N-methyl/N-ethyl adjacent to an activating group) is 1. The molecule has 1 N–H and O–H groups in total. The van der Waals surface area contributed by atoms with Gasteiger partial charge in [0.1, 0.15) is 0 Å². The van der Waals surface area contributed by atoms with Crippen LogP contribution in [0.15, 0.2) is 0 Å². The van der Waals surface area contributed by atoms with Crippen molar-refractivity contribution in [2.45, 2.75) is 32.2 Å². The highest BCUT2D eigenvalue weighted by atomic mass is 16.5. The topological polar surface area (TPSA) is 66.4 Å². The van der Waals surface area contributed by atoms with Gasteiger partial charge in [-0.05, 0) is 33.4 Å². The standard InChI is InChI=1S/C14H26N6O/c1-5-9-21-14-17-12(15-2)16-13(18-14)20-8-6-7-11(10-20)19(3)4/h11H,5-10H2,1-4H3,(H,15,16,17,18). The third-order valence-corrected chi connectivity index (χ3v) is 3.67. The Morgan fingerprint density at radius 2 is 2.14 bits per heavy atom. The van der Waals surface area contributed by atoms with E-state index in [2.05, 4.69) is 51.1 Å². The fourth-order valence-corrected chi connectivity index (χ4v) is 2.41. The van der Waals surface area contributed by atoms with Crippen LogP contribution in [0, 0.1) is 0 Å². The Hall–Kier alpha value is -1.63. The van der Waals surface area contributed by atoms with Crippen LogP contribution in [0.25, 0.3) is 0 Å². The Bertz CT molecular complexity index is 453. The van der Waals surface area contributed by atoms with Crippen molar-refractivity contribution >= 4 is 11.9 Å². The molecule has 0 spiro atoms. The van der Waals surface area contributed by atoms with Crippen LogP contribution < -0.4 is 15.0 Å². The Balaban J connectivity index is 2.17. The van der Waals surface area contributed by atoms with Crippen molar-refractivity contribution in [3.63, 3.8) is 0 Å². The molecule has 0 aliphatic carbocycles. The van der Waals surface area contributed by atoms with Gasteiger partial charge < -0.3 is 19.9 Å². The van der Waals surface area contributed by atoms with Crippen LogP contribution >= 0.6 is 0 Å². The maximum atomic E-state index is 5.56. The van der Waals surface area contributed by atoms with E-state index in [0.717, 1.165) is 25.9 Å². The van der Waals surface area contributed by atoms with Crippen molar-refractivity contribution in [3.05, 3.63) is 0 Å². The molecule has 0 aromatic carbocycles. The van der Waals surface area contributed by atoms with E-state index in [4.69, 9.17) is 4.74 Å². The molecule has 2 heterocycles. The van der Waals surface area contributed by atoms with Crippen LogP contribution in [0.1, 0.15) is 26.2 Å². The summed E-state index contributed by atoms with van der Waals surface area (Å²) in [4.78, 5) is 17.7. The first-order chi connectivity index (χ1) is 10.1. The second kappa shape index (κ2) is 7.40. The van der Waals surface area contributed by atoms with Gasteiger partial charge >= 0.3 is 6.01 Å². The summed E-state index contributed by atoms with van der Waals surface area (Å²) >= 11 is 0. The van der Waals surface area contributed by atoms with Crippen LogP contribution in [-0.2, 0) is 0 Å². The summed E-state index contributed by atoms with van der Waals surface area (Å²) in [7, 11) is 6.05. The Kier molecular flexibility index (Phi) is 5.55. The number of nitrogens with zero attached hydrogens (tertiary/aromatic N) is 5. The molecular weight excluding hydrogens is 268 g/mol. The van der Waals surface area contributed by atoms with Crippen LogP contribution in [0.4, 0.5) is 11.9 Å². The number of hydrogen-bond acceptors (Lipinski definition) is 7. The largest absolute Gasteiger partial charge is 0.463 e. The first-order valence-corrected chi connectivity index (χ1v) is 7.62. The molecule has 1 aliphatic heterocycles. The van der Waals surface area contributed by atoms with Gasteiger partial charge in [-0.1, -0.05) is 6.92 Å². The Morgan fingerprint density at radius 3 is 2.81 bits per heavy atom. The summed E-state index contributed by atoms with van der Waals surface area (Å²) < 4.78 is 5.56. The second-order valence-corrected chi connectivity index (χ2v) is 5.55. The highest BCUT2D eigenvalue weighted by Crippen LogP contribution is 2.21. The molecule has 7 heteroatoms. The van der Waals surface area contributed by atoms with Crippen LogP contribution in [0.5, 0.6) is 6.01 Å². The quantitative estimate of drug-likeness (QED) is 0.846. The monoisotopic (exact) mass is 294 g/mol. The summed E-state index contributed by atoms with van der Waals surface area (Å²) in [6, 6.07) is 0.937. The molecule has 118 valence electrons. The number of anilines is 2. The summed E-state index contributed by atoms with van der Waals surface area (Å²) in [5.74, 6) is 1.25. The molecule has 7 nitrogen and oxygen atoms in total. The number of ether oxygens (including phenoxy) is 1. The van der Waals surface area contributed by atoms with Gasteiger partial charge in [0, 0.05) is 26.2 Å². The second-order valence-electron chi connectivity index (χ2n) is 5.55. The lowest BCUT2D eigenvalue weighted by atomic mass is 10.1. The van der Waals surface area contributed by atoms with Gasteiger partial charge in [0.15, 0.2) is 0 Å². The lowest BCUT2D eigenvalue weighted by Crippen LogP contribution is -2.45. The Morgan fingerprint density at radius 1 is 1.33 bits per heavy atom. The highest BCUT2D eigenvalue weighted by Gasteiger charge is 2.24. The highest BCUT2D eigenvalue weighted by molar-refractivity contribution is 5.38. The molecular formula is C14H26N6O. The predicted molar refractivity (Wildman–Crippen MR) is 84.1 cm³/mol. The summed E-state index contributed by atoms with van der Waals surface area (Å²) in [5.41, 5.74) is 0. The van der Waals surface area contributed by atoms with Crippen molar-refractivity contribution in [2.75, 3.05) is 51.1 Å². The number of hydrogen-bond donors (Lipinski definition) is 1. The molecule has 1 fully saturated rings. The first kappa shape index (κ1) is 15.8. The molecule has 0 saturated carbocycles. The van der Waals surface area contributed by atoms with Gasteiger partial charge in [0.05, 0.1) is 6.61 Å². The molecule has 21 heavy (non-hydrogen) atoms. The molecule has 0 radical (unpaired) electrons. The van der Waals surface area contributed by atoms with Crippen LogP contribution in [0.2, 0.25) is 0 Å². The third kappa shape index (κ3) is 4.17. The van der Waals surface area contributed by atoms with E-state index in [1.54, 1.807) is 0 Å². The van der Waals surface area contributed by atoms with E-state index >= 15 is 0 Å². The van der Waals surface area contributed by atoms with Crippen molar-refractivity contribution in [2.24, 2.45) is 0 Å². The van der Waals surface area contributed by atoms with E-state index in [9.17, 15) is 0 Å². The minimum absolute atomic E-state index is 0.401. The van der Waals surface area contributed by atoms with Crippen LogP contribution in [-0.4, -0.2) is 66.7 Å². The van der Waals surface area contributed by atoms with E-state index in [1.165, 1.54) is 6.42 Å². The van der Waals surface area contributed by atoms with Crippen molar-refractivity contribution in [3.8, 4) is 6.01 Å². The minimum atomic E-state index is 0.401. The van der Waals surface area contributed by atoms with Gasteiger partial charge in [0.2, 0.25) is 11.9 Å². The van der Waals surface area contributed by atoms with Gasteiger partial charge in [0.25, 0.3) is 0 Å². The van der Waals surface area contributed by atoms with Gasteiger partial charge in [-0.15, -0.1) is 0 Å². The number of rotatable bonds is 6. The normalized spacial score (nSPS) is 18.9.